The Morgan fingerprint density at radius 2 is 2.09 bits per heavy atom. The molecule has 0 heterocycles. The molecule has 0 radical (unpaired) electrons. The molecule has 1 aromatic carbocycles. The fourth-order valence-electron chi connectivity index (χ4n) is 2.04. The van der Waals surface area contributed by atoms with Crippen molar-refractivity contribution in [3.05, 3.63) is 23.8 Å². The van der Waals surface area contributed by atoms with Gasteiger partial charge in [-0.2, -0.15) is 0 Å². The number of ether oxygens (including phenoxy) is 2. The first-order valence-electron chi connectivity index (χ1n) is 7.24. The molecule has 0 saturated heterocycles. The number of amides is 1. The van der Waals surface area contributed by atoms with Crippen LogP contribution >= 0.6 is 0 Å². The van der Waals surface area contributed by atoms with Crippen LogP contribution in [0.3, 0.4) is 0 Å². The van der Waals surface area contributed by atoms with E-state index in [1.54, 1.807) is 25.3 Å². The molecule has 1 rings (SSSR count). The number of aryl methyl sites for hydroxylation is 1. The van der Waals surface area contributed by atoms with Crippen molar-refractivity contribution in [2.45, 2.75) is 26.7 Å². The predicted octanol–water partition coefficient (Wildman–Crippen LogP) is 2.00. The first-order chi connectivity index (χ1) is 10.5. The van der Waals surface area contributed by atoms with E-state index in [9.17, 15) is 9.59 Å². The van der Waals surface area contributed by atoms with Gasteiger partial charge in [-0.25, -0.2) is 0 Å². The molecule has 122 valence electrons. The molecule has 22 heavy (non-hydrogen) atoms. The fourth-order valence-corrected chi connectivity index (χ4v) is 2.04. The van der Waals surface area contributed by atoms with Gasteiger partial charge >= 0.3 is 5.97 Å². The molecular weight excluding hydrogens is 286 g/mol. The Morgan fingerprint density at radius 3 is 2.64 bits per heavy atom. The number of hydrogen-bond donors (Lipinski definition) is 2. The SMILES string of the molecule is CCCC(CNC(=O)COc1ccc(OC)c(C)c1)C(=O)O. The van der Waals surface area contributed by atoms with Gasteiger partial charge in [-0.05, 0) is 37.1 Å². The van der Waals surface area contributed by atoms with E-state index in [1.807, 2.05) is 13.8 Å². The average molecular weight is 309 g/mol. The van der Waals surface area contributed by atoms with Crippen LogP contribution in [-0.4, -0.2) is 37.2 Å². The summed E-state index contributed by atoms with van der Waals surface area (Å²) in [6.45, 7) is 3.76. The highest BCUT2D eigenvalue weighted by Crippen LogP contribution is 2.22. The smallest absolute Gasteiger partial charge is 0.308 e. The van der Waals surface area contributed by atoms with E-state index in [1.165, 1.54) is 0 Å². The van der Waals surface area contributed by atoms with E-state index in [0.717, 1.165) is 17.7 Å². The number of carboxylic acids is 1. The highest BCUT2D eigenvalue weighted by atomic mass is 16.5. The molecule has 1 amide bonds. The van der Waals surface area contributed by atoms with Crippen molar-refractivity contribution in [1.29, 1.82) is 0 Å². The van der Waals surface area contributed by atoms with Gasteiger partial charge in [0.2, 0.25) is 0 Å². The Hall–Kier alpha value is -2.24. The van der Waals surface area contributed by atoms with Crippen LogP contribution < -0.4 is 14.8 Å². The topological polar surface area (TPSA) is 84.9 Å². The Kier molecular flexibility index (Phi) is 7.22. The second-order valence-electron chi connectivity index (χ2n) is 5.05. The molecule has 0 spiro atoms. The van der Waals surface area contributed by atoms with Gasteiger partial charge in [0.05, 0.1) is 13.0 Å². The van der Waals surface area contributed by atoms with Gasteiger partial charge in [0.25, 0.3) is 5.91 Å². The summed E-state index contributed by atoms with van der Waals surface area (Å²) in [5.74, 6) is -0.473. The molecule has 1 aromatic rings. The van der Waals surface area contributed by atoms with Crippen molar-refractivity contribution in [1.82, 2.24) is 5.32 Å². The lowest BCUT2D eigenvalue weighted by atomic mass is 10.0. The Balaban J connectivity index is 2.42. The zero-order valence-electron chi connectivity index (χ0n) is 13.2. The van der Waals surface area contributed by atoms with Gasteiger partial charge < -0.3 is 19.9 Å². The van der Waals surface area contributed by atoms with Crippen LogP contribution in [0, 0.1) is 12.8 Å². The molecule has 2 N–H and O–H groups in total. The van der Waals surface area contributed by atoms with Crippen molar-refractivity contribution in [3.63, 3.8) is 0 Å². The molecular formula is C16H23NO5. The normalized spacial score (nSPS) is 11.6. The summed E-state index contributed by atoms with van der Waals surface area (Å²) < 4.78 is 10.5. The van der Waals surface area contributed by atoms with Gasteiger partial charge in [0, 0.05) is 6.54 Å². The first kappa shape index (κ1) is 17.8. The number of methoxy groups -OCH3 is 1. The average Bonchev–Trinajstić information content (AvgIpc) is 2.49. The maximum atomic E-state index is 11.7. The Morgan fingerprint density at radius 1 is 1.36 bits per heavy atom. The number of hydrogen-bond acceptors (Lipinski definition) is 4. The lowest BCUT2D eigenvalue weighted by Crippen LogP contribution is -2.35. The van der Waals surface area contributed by atoms with E-state index in [0.29, 0.717) is 12.2 Å². The van der Waals surface area contributed by atoms with Crippen molar-refractivity contribution < 1.29 is 24.2 Å². The quantitative estimate of drug-likeness (QED) is 0.729. The summed E-state index contributed by atoms with van der Waals surface area (Å²) in [5.41, 5.74) is 0.911. The minimum absolute atomic E-state index is 0.118. The molecule has 6 nitrogen and oxygen atoms in total. The molecule has 0 bridgehead atoms. The number of nitrogens with one attached hydrogen (secondary N) is 1. The number of carbonyl (C=O) groups is 2. The van der Waals surface area contributed by atoms with E-state index >= 15 is 0 Å². The fraction of sp³-hybridized carbons (Fsp3) is 0.500. The largest absolute Gasteiger partial charge is 0.496 e. The lowest BCUT2D eigenvalue weighted by molar-refractivity contribution is -0.142. The molecule has 1 unspecified atom stereocenters. The molecule has 0 fully saturated rings. The summed E-state index contributed by atoms with van der Waals surface area (Å²) in [4.78, 5) is 22.7. The summed E-state index contributed by atoms with van der Waals surface area (Å²) in [7, 11) is 1.59. The Labute approximate surface area is 130 Å². The first-order valence-corrected chi connectivity index (χ1v) is 7.24. The standard InChI is InChI=1S/C16H23NO5/c1-4-5-12(16(19)20)9-17-15(18)10-22-13-6-7-14(21-3)11(2)8-13/h6-8,12H,4-5,9-10H2,1-3H3,(H,17,18)(H,19,20). The number of aliphatic carboxylic acids is 1. The van der Waals surface area contributed by atoms with E-state index in [2.05, 4.69) is 5.32 Å². The highest BCUT2D eigenvalue weighted by molar-refractivity contribution is 5.78. The van der Waals surface area contributed by atoms with Crippen molar-refractivity contribution in [2.75, 3.05) is 20.3 Å². The third kappa shape index (κ3) is 5.63. The van der Waals surface area contributed by atoms with E-state index in [-0.39, 0.29) is 19.1 Å². The monoisotopic (exact) mass is 309 g/mol. The maximum Gasteiger partial charge on any atom is 0.308 e. The van der Waals surface area contributed by atoms with Crippen molar-refractivity contribution in [3.8, 4) is 11.5 Å². The van der Waals surface area contributed by atoms with Crippen LogP contribution in [-0.2, 0) is 9.59 Å². The molecule has 6 heteroatoms. The number of carboxylic acid groups (broad SMARTS) is 1. The summed E-state index contributed by atoms with van der Waals surface area (Å²) in [6.07, 6.45) is 1.29. The van der Waals surface area contributed by atoms with Crippen LogP contribution in [0.4, 0.5) is 0 Å². The van der Waals surface area contributed by atoms with Gasteiger partial charge in [-0.3, -0.25) is 9.59 Å². The minimum Gasteiger partial charge on any atom is -0.496 e. The van der Waals surface area contributed by atoms with Crippen LogP contribution in [0.15, 0.2) is 18.2 Å². The van der Waals surface area contributed by atoms with Gasteiger partial charge in [0.15, 0.2) is 6.61 Å². The van der Waals surface area contributed by atoms with E-state index in [4.69, 9.17) is 14.6 Å². The number of carbonyl (C=O) groups excluding carboxylic acids is 1. The third-order valence-corrected chi connectivity index (χ3v) is 3.27. The minimum atomic E-state index is -0.895. The lowest BCUT2D eigenvalue weighted by Gasteiger charge is -2.13. The van der Waals surface area contributed by atoms with Gasteiger partial charge in [-0.1, -0.05) is 13.3 Å². The van der Waals surface area contributed by atoms with Crippen LogP contribution in [0.5, 0.6) is 11.5 Å². The van der Waals surface area contributed by atoms with Crippen LogP contribution in [0.25, 0.3) is 0 Å². The van der Waals surface area contributed by atoms with Crippen LogP contribution in [0.1, 0.15) is 25.3 Å². The summed E-state index contributed by atoms with van der Waals surface area (Å²) in [6, 6.07) is 5.27. The predicted molar refractivity (Wildman–Crippen MR) is 82.3 cm³/mol. The van der Waals surface area contributed by atoms with Crippen LogP contribution in [0.2, 0.25) is 0 Å². The molecule has 0 aliphatic heterocycles. The molecule has 0 saturated carbocycles. The molecule has 0 aromatic heterocycles. The second-order valence-corrected chi connectivity index (χ2v) is 5.05. The van der Waals surface area contributed by atoms with Crippen molar-refractivity contribution in [2.24, 2.45) is 5.92 Å². The highest BCUT2D eigenvalue weighted by Gasteiger charge is 2.17. The number of rotatable bonds is 9. The van der Waals surface area contributed by atoms with E-state index < -0.39 is 11.9 Å². The molecule has 1 atom stereocenters. The van der Waals surface area contributed by atoms with Crippen molar-refractivity contribution >= 4 is 11.9 Å². The molecule has 0 aliphatic rings. The summed E-state index contributed by atoms with van der Waals surface area (Å²) in [5, 5.41) is 11.6. The van der Waals surface area contributed by atoms with Gasteiger partial charge in [0.1, 0.15) is 11.5 Å². The molecule has 0 aliphatic carbocycles. The Bertz CT molecular complexity index is 515. The third-order valence-electron chi connectivity index (χ3n) is 3.27. The zero-order valence-corrected chi connectivity index (χ0v) is 13.2. The van der Waals surface area contributed by atoms with Gasteiger partial charge in [-0.15, -0.1) is 0 Å². The number of benzene rings is 1. The maximum absolute atomic E-state index is 11.7. The zero-order chi connectivity index (χ0) is 16.5. The second kappa shape index (κ2) is 8.92. The summed E-state index contributed by atoms with van der Waals surface area (Å²) >= 11 is 0.